The molecule has 1 fully saturated rings. The standard InChI is InChI=1S/C16H25ClN2/c1-12-6-7-13(10-14(12)17)19-16(11-18)9-5-4-8-15(16,2)3/h6-7,10,19H,4-5,8-9,11,18H2,1-3H3. The average molecular weight is 281 g/mol. The number of aryl methyl sites for hydroxylation is 1. The van der Waals surface area contributed by atoms with Gasteiger partial charge in [0.2, 0.25) is 0 Å². The van der Waals surface area contributed by atoms with Gasteiger partial charge in [-0.2, -0.15) is 0 Å². The van der Waals surface area contributed by atoms with Gasteiger partial charge < -0.3 is 11.1 Å². The van der Waals surface area contributed by atoms with E-state index in [1.807, 2.05) is 13.0 Å². The third kappa shape index (κ3) is 2.75. The van der Waals surface area contributed by atoms with Crippen LogP contribution in [0, 0.1) is 12.3 Å². The number of hydrogen-bond donors (Lipinski definition) is 2. The molecule has 1 saturated carbocycles. The fourth-order valence-electron chi connectivity index (χ4n) is 3.18. The fourth-order valence-corrected chi connectivity index (χ4v) is 3.36. The maximum absolute atomic E-state index is 6.22. The smallest absolute Gasteiger partial charge is 0.0546 e. The first-order valence-corrected chi connectivity index (χ1v) is 7.52. The molecule has 1 aromatic rings. The predicted octanol–water partition coefficient (Wildman–Crippen LogP) is 4.36. The Morgan fingerprint density at radius 1 is 1.26 bits per heavy atom. The second kappa shape index (κ2) is 5.34. The summed E-state index contributed by atoms with van der Waals surface area (Å²) >= 11 is 6.22. The molecular weight excluding hydrogens is 256 g/mol. The monoisotopic (exact) mass is 280 g/mol. The number of anilines is 1. The van der Waals surface area contributed by atoms with E-state index >= 15 is 0 Å². The van der Waals surface area contributed by atoms with Crippen LogP contribution in [0.3, 0.4) is 0 Å². The minimum Gasteiger partial charge on any atom is -0.378 e. The Hall–Kier alpha value is -0.730. The number of nitrogens with two attached hydrogens (primary N) is 1. The molecule has 1 aromatic carbocycles. The zero-order chi connectivity index (χ0) is 14.1. The first-order chi connectivity index (χ1) is 8.90. The lowest BCUT2D eigenvalue weighted by molar-refractivity contribution is 0.125. The molecule has 1 aliphatic rings. The van der Waals surface area contributed by atoms with E-state index in [0.717, 1.165) is 22.7 Å². The molecule has 0 spiro atoms. The van der Waals surface area contributed by atoms with Crippen molar-refractivity contribution in [1.29, 1.82) is 0 Å². The Labute approximate surface area is 121 Å². The summed E-state index contributed by atoms with van der Waals surface area (Å²) in [5.74, 6) is 0. The second-order valence-electron chi connectivity index (χ2n) is 6.47. The van der Waals surface area contributed by atoms with Crippen LogP contribution < -0.4 is 11.1 Å². The normalized spacial score (nSPS) is 26.2. The highest BCUT2D eigenvalue weighted by Crippen LogP contribution is 2.45. The van der Waals surface area contributed by atoms with Crippen LogP contribution in [-0.4, -0.2) is 12.1 Å². The molecule has 0 radical (unpaired) electrons. The van der Waals surface area contributed by atoms with Crippen molar-refractivity contribution in [2.75, 3.05) is 11.9 Å². The summed E-state index contributed by atoms with van der Waals surface area (Å²) in [5.41, 5.74) is 8.50. The van der Waals surface area contributed by atoms with E-state index in [9.17, 15) is 0 Å². The molecule has 0 heterocycles. The Kier molecular flexibility index (Phi) is 4.12. The third-order valence-electron chi connectivity index (χ3n) is 4.85. The molecule has 0 saturated heterocycles. The van der Waals surface area contributed by atoms with E-state index in [1.165, 1.54) is 19.3 Å². The van der Waals surface area contributed by atoms with Crippen molar-refractivity contribution in [2.24, 2.45) is 11.1 Å². The lowest BCUT2D eigenvalue weighted by atomic mass is 9.63. The Balaban J connectivity index is 2.29. The van der Waals surface area contributed by atoms with Gasteiger partial charge in [0, 0.05) is 17.3 Å². The van der Waals surface area contributed by atoms with Crippen LogP contribution in [0.5, 0.6) is 0 Å². The minimum absolute atomic E-state index is 0.0240. The van der Waals surface area contributed by atoms with E-state index < -0.39 is 0 Å². The number of halogens is 1. The summed E-state index contributed by atoms with van der Waals surface area (Å²) in [4.78, 5) is 0. The Morgan fingerprint density at radius 2 is 1.95 bits per heavy atom. The molecular formula is C16H25ClN2. The maximum Gasteiger partial charge on any atom is 0.0546 e. The van der Waals surface area contributed by atoms with E-state index in [-0.39, 0.29) is 11.0 Å². The van der Waals surface area contributed by atoms with Gasteiger partial charge in [-0.15, -0.1) is 0 Å². The number of nitrogens with one attached hydrogen (secondary N) is 1. The second-order valence-corrected chi connectivity index (χ2v) is 6.87. The van der Waals surface area contributed by atoms with Gasteiger partial charge in [-0.3, -0.25) is 0 Å². The molecule has 1 atom stereocenters. The fraction of sp³-hybridized carbons (Fsp3) is 0.625. The topological polar surface area (TPSA) is 38.0 Å². The van der Waals surface area contributed by atoms with Gasteiger partial charge >= 0.3 is 0 Å². The number of hydrogen-bond acceptors (Lipinski definition) is 2. The molecule has 19 heavy (non-hydrogen) atoms. The summed E-state index contributed by atoms with van der Waals surface area (Å²) in [6, 6.07) is 6.17. The molecule has 0 bridgehead atoms. The van der Waals surface area contributed by atoms with Crippen LogP contribution in [0.1, 0.15) is 45.1 Å². The van der Waals surface area contributed by atoms with Gasteiger partial charge in [-0.25, -0.2) is 0 Å². The summed E-state index contributed by atoms with van der Waals surface area (Å²) in [7, 11) is 0. The molecule has 1 unspecified atom stereocenters. The highest BCUT2D eigenvalue weighted by atomic mass is 35.5. The molecule has 2 nitrogen and oxygen atoms in total. The van der Waals surface area contributed by atoms with Crippen LogP contribution in [0.15, 0.2) is 18.2 Å². The van der Waals surface area contributed by atoms with Crippen LogP contribution in [0.4, 0.5) is 5.69 Å². The number of rotatable bonds is 3. The third-order valence-corrected chi connectivity index (χ3v) is 5.26. The van der Waals surface area contributed by atoms with Crippen LogP contribution in [-0.2, 0) is 0 Å². The predicted molar refractivity (Wildman–Crippen MR) is 83.8 cm³/mol. The molecule has 0 aromatic heterocycles. The van der Waals surface area contributed by atoms with Crippen molar-refractivity contribution >= 4 is 17.3 Å². The van der Waals surface area contributed by atoms with Gasteiger partial charge in [0.05, 0.1) is 5.54 Å². The van der Waals surface area contributed by atoms with Crippen LogP contribution in [0.25, 0.3) is 0 Å². The summed E-state index contributed by atoms with van der Waals surface area (Å²) in [6.07, 6.45) is 4.89. The lowest BCUT2D eigenvalue weighted by Crippen LogP contribution is -2.58. The summed E-state index contributed by atoms with van der Waals surface area (Å²) < 4.78 is 0. The van der Waals surface area contributed by atoms with Crippen LogP contribution >= 0.6 is 11.6 Å². The largest absolute Gasteiger partial charge is 0.378 e. The van der Waals surface area contributed by atoms with Crippen molar-refractivity contribution in [3.05, 3.63) is 28.8 Å². The molecule has 106 valence electrons. The summed E-state index contributed by atoms with van der Waals surface area (Å²) in [6.45, 7) is 7.32. The Bertz CT molecular complexity index is 456. The number of benzene rings is 1. The molecule has 0 aliphatic heterocycles. The lowest BCUT2D eigenvalue weighted by Gasteiger charge is -2.51. The van der Waals surface area contributed by atoms with Crippen molar-refractivity contribution in [3.63, 3.8) is 0 Å². The molecule has 3 heteroatoms. The molecule has 2 rings (SSSR count). The first kappa shape index (κ1) is 14.7. The zero-order valence-corrected chi connectivity index (χ0v) is 13.0. The maximum atomic E-state index is 6.22. The van der Waals surface area contributed by atoms with Gasteiger partial charge in [-0.1, -0.05) is 44.4 Å². The van der Waals surface area contributed by atoms with E-state index in [0.29, 0.717) is 6.54 Å². The van der Waals surface area contributed by atoms with Gasteiger partial charge in [0.15, 0.2) is 0 Å². The molecule has 0 amide bonds. The molecule has 3 N–H and O–H groups in total. The Morgan fingerprint density at radius 3 is 2.53 bits per heavy atom. The average Bonchev–Trinajstić information content (AvgIpc) is 2.36. The van der Waals surface area contributed by atoms with Crippen molar-refractivity contribution in [1.82, 2.24) is 0 Å². The molecule has 1 aliphatic carbocycles. The quantitative estimate of drug-likeness (QED) is 0.863. The van der Waals surface area contributed by atoms with Crippen molar-refractivity contribution < 1.29 is 0 Å². The SMILES string of the molecule is Cc1ccc(NC2(CN)CCCCC2(C)C)cc1Cl. The zero-order valence-electron chi connectivity index (χ0n) is 12.2. The van der Waals surface area contributed by atoms with Gasteiger partial charge in [0.25, 0.3) is 0 Å². The van der Waals surface area contributed by atoms with Gasteiger partial charge in [-0.05, 0) is 42.9 Å². The van der Waals surface area contributed by atoms with Crippen molar-refractivity contribution in [3.8, 4) is 0 Å². The van der Waals surface area contributed by atoms with Gasteiger partial charge in [0.1, 0.15) is 0 Å². The highest BCUT2D eigenvalue weighted by Gasteiger charge is 2.45. The van der Waals surface area contributed by atoms with Crippen molar-refractivity contribution in [2.45, 2.75) is 52.0 Å². The highest BCUT2D eigenvalue weighted by molar-refractivity contribution is 6.31. The van der Waals surface area contributed by atoms with E-state index in [2.05, 4.69) is 31.3 Å². The first-order valence-electron chi connectivity index (χ1n) is 7.15. The summed E-state index contributed by atoms with van der Waals surface area (Å²) in [5, 5.41) is 4.50. The van der Waals surface area contributed by atoms with E-state index in [4.69, 9.17) is 17.3 Å². The van der Waals surface area contributed by atoms with E-state index in [1.54, 1.807) is 0 Å². The van der Waals surface area contributed by atoms with Crippen LogP contribution in [0.2, 0.25) is 5.02 Å². The minimum atomic E-state index is -0.0240.